The Balaban J connectivity index is 1.55. The van der Waals surface area contributed by atoms with Gasteiger partial charge in [0.05, 0.1) is 0 Å². The van der Waals surface area contributed by atoms with E-state index in [2.05, 4.69) is 0 Å². The minimum Gasteiger partial charge on any atom is -0.0620 e. The Hall–Kier alpha value is -4.62. The van der Waals surface area contributed by atoms with Crippen LogP contribution in [-0.4, -0.2) is 5.09 Å². The quantitative estimate of drug-likeness (QED) is 0.137. The average Bonchev–Trinajstić information content (AvgIpc) is 3.08. The van der Waals surface area contributed by atoms with Crippen LogP contribution >= 0.6 is 15.0 Å². The molecule has 0 spiro atoms. The Morgan fingerprint density at radius 2 is 0.476 bits per heavy atom. The van der Waals surface area contributed by atoms with Crippen molar-refractivity contribution >= 4 is 46.8 Å². The minimum absolute atomic E-state index is 0.390. The van der Waals surface area contributed by atoms with E-state index in [1.165, 1.54) is 0 Å². The van der Waals surface area contributed by atoms with Crippen molar-refractivity contribution in [1.82, 2.24) is 0 Å². The predicted octanol–water partition coefficient (Wildman–Crippen LogP) is 6.45. The summed E-state index contributed by atoms with van der Waals surface area (Å²) in [5, 5.41) is 5.86. The van der Waals surface area contributed by atoms with Crippen LogP contribution in [0.25, 0.3) is 0 Å². The molecule has 6 heteroatoms. The summed E-state index contributed by atoms with van der Waals surface area (Å²) in [6.45, 7) is 0. The fraction of sp³-hybridized carbons (Fsp3) is 0. The van der Waals surface area contributed by atoms with Crippen LogP contribution < -0.4 is 31.8 Å². The molecule has 0 aliphatic rings. The summed E-state index contributed by atoms with van der Waals surface area (Å²) < 4.78 is 13.4. The number of rotatable bonds is 10. The van der Waals surface area contributed by atoms with Crippen molar-refractivity contribution in [1.29, 1.82) is 0 Å². The molecule has 0 aromatic heterocycles. The van der Waals surface area contributed by atoms with Crippen molar-refractivity contribution in [3.63, 3.8) is 0 Å². The van der Waals surface area contributed by atoms with Crippen LogP contribution in [0.5, 0.6) is 0 Å². The molecule has 204 valence electrons. The van der Waals surface area contributed by atoms with E-state index < -0.39 is 15.0 Å². The monoisotopic (exact) mass is 586 g/mol. The normalized spacial score (nSPS) is 11.4. The number of benzene rings is 6. The molecule has 0 radical (unpaired) electrons. The Morgan fingerprint density at radius 3 is 0.643 bits per heavy atom. The molecule has 0 saturated carbocycles. The number of hydrogen-bond acceptors (Lipinski definition) is 3. The van der Waals surface area contributed by atoms with Crippen LogP contribution in [0.15, 0.2) is 182 Å². The van der Waals surface area contributed by atoms with Crippen molar-refractivity contribution in [3.8, 4) is 0 Å². The predicted molar refractivity (Wildman–Crippen MR) is 176 cm³/mol. The van der Waals surface area contributed by atoms with Gasteiger partial charge in [-0.2, -0.15) is 0 Å². The first-order valence-corrected chi connectivity index (χ1v) is 17.1. The third-order valence-corrected chi connectivity index (χ3v) is 14.0. The summed E-state index contributed by atoms with van der Waals surface area (Å²) in [4.78, 5) is 14.4. The van der Waals surface area contributed by atoms with Crippen molar-refractivity contribution < 1.29 is 14.3 Å². The zero-order valence-corrected chi connectivity index (χ0v) is 24.7. The molecule has 0 atom stereocenters. The van der Waals surface area contributed by atoms with Gasteiger partial charge in [0.2, 0.25) is 0 Å². The maximum Gasteiger partial charge on any atom is 0.555 e. The van der Waals surface area contributed by atoms with Gasteiger partial charge in [-0.15, -0.1) is 0 Å². The molecule has 6 aromatic carbocycles. The summed E-state index contributed by atoms with van der Waals surface area (Å²) in [5.41, 5.74) is 0. The molecule has 6 aromatic rings. The molecule has 42 heavy (non-hydrogen) atoms. The first-order chi connectivity index (χ1) is 20.7. The van der Waals surface area contributed by atoms with Crippen LogP contribution in [0, 0.1) is 4.91 Å². The molecule has 4 nitrogen and oxygen atoms in total. The minimum atomic E-state index is -2.96. The molecule has 0 aliphatic heterocycles. The van der Waals surface area contributed by atoms with E-state index in [9.17, 15) is 4.91 Å². The van der Waals surface area contributed by atoms with Gasteiger partial charge in [0, 0.05) is 0 Å². The van der Waals surface area contributed by atoms with Gasteiger partial charge in [-0.1, -0.05) is 109 Å². The lowest BCUT2D eigenvalue weighted by Crippen LogP contribution is -2.38. The van der Waals surface area contributed by atoms with Crippen molar-refractivity contribution in [3.05, 3.63) is 187 Å². The lowest BCUT2D eigenvalue weighted by molar-refractivity contribution is -0.924. The van der Waals surface area contributed by atoms with Crippen molar-refractivity contribution in [2.75, 3.05) is 0 Å². The van der Waals surface area contributed by atoms with Gasteiger partial charge < -0.3 is 0 Å². The first-order valence-electron chi connectivity index (χ1n) is 13.7. The SMILES string of the molecule is O=[N+](O[P+](c1ccccc1)(c1ccccc1)c1ccccc1)O[P+](c1ccccc1)(c1ccccc1)c1ccccc1. The highest BCUT2D eigenvalue weighted by Gasteiger charge is 2.63. The lowest BCUT2D eigenvalue weighted by atomic mass is 10.4. The standard InChI is InChI=1S/C36H30NO3P2/c38-37(39-41(31-19-7-1-8-20-31,32-21-9-2-10-22-32)33-23-11-3-12-24-33)40-42(34-25-13-4-14-26-34,35-27-15-5-16-28-35)36-29-17-6-18-30-36/h1-30H/q+3. The van der Waals surface area contributed by atoms with Gasteiger partial charge in [0.15, 0.2) is 0 Å². The largest absolute Gasteiger partial charge is 0.555 e. The first kappa shape index (κ1) is 27.5. The third kappa shape index (κ3) is 5.23. The summed E-state index contributed by atoms with van der Waals surface area (Å²) in [6, 6.07) is 59.8. The topological polar surface area (TPSA) is 38.5 Å². The highest BCUT2D eigenvalue weighted by atomic mass is 31.2. The molecule has 0 unspecified atom stereocenters. The van der Waals surface area contributed by atoms with E-state index in [0.717, 1.165) is 31.8 Å². The molecule has 0 amide bonds. The second-order valence-corrected chi connectivity index (χ2v) is 15.5. The fourth-order valence-electron chi connectivity index (χ4n) is 5.22. The second kappa shape index (κ2) is 12.5. The van der Waals surface area contributed by atoms with Gasteiger partial charge in [-0.3, -0.25) is 0 Å². The zero-order chi connectivity index (χ0) is 28.7. The van der Waals surface area contributed by atoms with Gasteiger partial charge in [-0.25, -0.2) is 0 Å². The molecule has 0 heterocycles. The number of hydrogen-bond donors (Lipinski definition) is 0. The molecule has 0 bridgehead atoms. The molecule has 0 saturated heterocycles. The van der Waals surface area contributed by atoms with Crippen LogP contribution in [0.3, 0.4) is 0 Å². The van der Waals surface area contributed by atoms with Crippen LogP contribution in [0.2, 0.25) is 0 Å². The summed E-state index contributed by atoms with van der Waals surface area (Å²) in [5.74, 6) is 0. The van der Waals surface area contributed by atoms with E-state index in [4.69, 9.17) is 9.25 Å². The van der Waals surface area contributed by atoms with E-state index >= 15 is 0 Å². The van der Waals surface area contributed by atoms with Crippen LogP contribution in [-0.2, 0) is 9.25 Å². The Labute approximate surface area is 247 Å². The van der Waals surface area contributed by atoms with Crippen LogP contribution in [0.1, 0.15) is 0 Å². The Morgan fingerprint density at radius 1 is 0.310 bits per heavy atom. The van der Waals surface area contributed by atoms with Crippen molar-refractivity contribution in [2.24, 2.45) is 0 Å². The fourth-order valence-corrected chi connectivity index (χ4v) is 11.6. The maximum atomic E-state index is 14.4. The van der Waals surface area contributed by atoms with Gasteiger partial charge in [0.1, 0.15) is 36.7 Å². The van der Waals surface area contributed by atoms with E-state index in [-0.39, 0.29) is 0 Å². The van der Waals surface area contributed by atoms with Gasteiger partial charge in [0.25, 0.3) is 0 Å². The molecular weight excluding hydrogens is 556 g/mol. The molecule has 0 N–H and O–H groups in total. The van der Waals surface area contributed by atoms with E-state index in [1.807, 2.05) is 182 Å². The number of nitrogens with zero attached hydrogens (tertiary/aromatic N) is 1. The van der Waals surface area contributed by atoms with E-state index in [1.54, 1.807) is 0 Å². The lowest BCUT2D eigenvalue weighted by Gasteiger charge is -2.21. The van der Waals surface area contributed by atoms with Gasteiger partial charge in [-0.05, 0) is 82.0 Å². The summed E-state index contributed by atoms with van der Waals surface area (Å²) in [6.07, 6.45) is 0. The summed E-state index contributed by atoms with van der Waals surface area (Å²) >= 11 is 0. The second-order valence-electron chi connectivity index (χ2n) is 9.62. The highest BCUT2D eigenvalue weighted by Crippen LogP contribution is 2.60. The van der Waals surface area contributed by atoms with Gasteiger partial charge >= 0.3 is 20.1 Å². The average molecular weight is 587 g/mol. The zero-order valence-electron chi connectivity index (χ0n) is 22.9. The molecule has 0 fully saturated rings. The Kier molecular flexibility index (Phi) is 8.19. The summed E-state index contributed by atoms with van der Waals surface area (Å²) in [7, 11) is -5.93. The Bertz CT molecular complexity index is 1400. The van der Waals surface area contributed by atoms with Crippen molar-refractivity contribution in [2.45, 2.75) is 0 Å². The molecule has 6 rings (SSSR count). The molecule has 0 aliphatic carbocycles. The van der Waals surface area contributed by atoms with Crippen LogP contribution in [0.4, 0.5) is 0 Å². The smallest absolute Gasteiger partial charge is 0.0620 e. The molecular formula is C36H30NO3P2+3. The maximum absolute atomic E-state index is 14.4. The third-order valence-electron chi connectivity index (χ3n) is 7.10. The highest BCUT2D eigenvalue weighted by molar-refractivity contribution is 7.92. The van der Waals surface area contributed by atoms with E-state index in [0.29, 0.717) is 5.09 Å².